The molecule has 0 saturated heterocycles. The lowest BCUT2D eigenvalue weighted by atomic mass is 10.2. The van der Waals surface area contributed by atoms with Crippen LogP contribution in [0.4, 0.5) is 5.69 Å². The van der Waals surface area contributed by atoms with Gasteiger partial charge in [-0.15, -0.1) is 0 Å². The van der Waals surface area contributed by atoms with Crippen molar-refractivity contribution in [3.63, 3.8) is 0 Å². The van der Waals surface area contributed by atoms with Gasteiger partial charge in [-0.1, -0.05) is 12.1 Å². The second-order valence-electron chi connectivity index (χ2n) is 2.71. The van der Waals surface area contributed by atoms with E-state index in [9.17, 15) is 10.1 Å². The summed E-state index contributed by atoms with van der Waals surface area (Å²) in [6.45, 7) is 0. The molecule has 0 unspecified atom stereocenters. The van der Waals surface area contributed by atoms with Gasteiger partial charge in [-0.2, -0.15) is 0 Å². The Kier molecular flexibility index (Phi) is 1.98. The first-order chi connectivity index (χ1) is 6.79. The number of aromatic amines is 1. The van der Waals surface area contributed by atoms with Crippen LogP contribution in [0.15, 0.2) is 36.7 Å². The van der Waals surface area contributed by atoms with E-state index >= 15 is 0 Å². The molecule has 0 aliphatic rings. The molecule has 0 bridgehead atoms. The third kappa shape index (κ3) is 1.35. The Bertz CT molecular complexity index is 451. The summed E-state index contributed by atoms with van der Waals surface area (Å²) in [6.07, 6.45) is 3.19. The zero-order valence-electron chi connectivity index (χ0n) is 7.18. The highest BCUT2D eigenvalue weighted by atomic mass is 16.6. The minimum Gasteiger partial charge on any atom is -0.344 e. The average Bonchev–Trinajstić information content (AvgIpc) is 2.70. The molecule has 14 heavy (non-hydrogen) atoms. The molecule has 5 heteroatoms. The molecule has 5 nitrogen and oxygen atoms in total. The van der Waals surface area contributed by atoms with Gasteiger partial charge in [-0.3, -0.25) is 10.1 Å². The molecule has 0 spiro atoms. The molecule has 2 rings (SSSR count). The number of aromatic nitrogens is 2. The molecule has 0 aliphatic carbocycles. The lowest BCUT2D eigenvalue weighted by Gasteiger charge is -1.97. The second-order valence-corrected chi connectivity index (χ2v) is 2.71. The molecular formula is C9H7N3O2. The van der Waals surface area contributed by atoms with Crippen molar-refractivity contribution in [3.05, 3.63) is 46.8 Å². The number of para-hydroxylation sites is 1. The van der Waals surface area contributed by atoms with Crippen LogP contribution in [-0.4, -0.2) is 14.9 Å². The smallest absolute Gasteiger partial charge is 0.280 e. The Morgan fingerprint density at radius 1 is 1.36 bits per heavy atom. The van der Waals surface area contributed by atoms with Crippen molar-refractivity contribution in [2.45, 2.75) is 0 Å². The predicted octanol–water partition coefficient (Wildman–Crippen LogP) is 1.98. The van der Waals surface area contributed by atoms with Crippen molar-refractivity contribution in [1.29, 1.82) is 0 Å². The summed E-state index contributed by atoms with van der Waals surface area (Å²) in [7, 11) is 0. The number of nitrogens with one attached hydrogen (secondary N) is 1. The number of nitro benzene ring substituents is 1. The van der Waals surface area contributed by atoms with Crippen LogP contribution >= 0.6 is 0 Å². The number of imidazole rings is 1. The minimum atomic E-state index is -0.419. The first-order valence-corrected chi connectivity index (χ1v) is 4.02. The Morgan fingerprint density at radius 3 is 2.79 bits per heavy atom. The molecule has 0 fully saturated rings. The lowest BCUT2D eigenvalue weighted by molar-refractivity contribution is -0.384. The van der Waals surface area contributed by atoms with Gasteiger partial charge in [0.25, 0.3) is 5.69 Å². The Morgan fingerprint density at radius 2 is 2.14 bits per heavy atom. The van der Waals surface area contributed by atoms with Crippen molar-refractivity contribution < 1.29 is 4.92 Å². The van der Waals surface area contributed by atoms with Gasteiger partial charge in [0, 0.05) is 18.5 Å². The maximum atomic E-state index is 10.7. The fourth-order valence-corrected chi connectivity index (χ4v) is 1.25. The highest BCUT2D eigenvalue weighted by molar-refractivity contribution is 5.67. The van der Waals surface area contributed by atoms with Crippen LogP contribution in [0.25, 0.3) is 11.4 Å². The predicted molar refractivity (Wildman–Crippen MR) is 50.7 cm³/mol. The Labute approximate surface area is 79.6 Å². The summed E-state index contributed by atoms with van der Waals surface area (Å²) >= 11 is 0. The first kappa shape index (κ1) is 8.43. The fraction of sp³-hybridized carbons (Fsp3) is 0. The van der Waals surface area contributed by atoms with E-state index in [0.29, 0.717) is 11.4 Å². The molecule has 0 saturated carbocycles. The monoisotopic (exact) mass is 189 g/mol. The summed E-state index contributed by atoms with van der Waals surface area (Å²) in [5.41, 5.74) is 0.560. The number of H-pyrrole nitrogens is 1. The van der Waals surface area contributed by atoms with Crippen LogP contribution in [0.2, 0.25) is 0 Å². The number of benzene rings is 1. The van der Waals surface area contributed by atoms with E-state index in [-0.39, 0.29) is 5.69 Å². The molecule has 1 aromatic carbocycles. The van der Waals surface area contributed by atoms with E-state index in [1.807, 2.05) is 0 Å². The van der Waals surface area contributed by atoms with Gasteiger partial charge in [0.2, 0.25) is 0 Å². The van der Waals surface area contributed by atoms with Gasteiger partial charge in [0.1, 0.15) is 5.82 Å². The highest BCUT2D eigenvalue weighted by Crippen LogP contribution is 2.25. The highest BCUT2D eigenvalue weighted by Gasteiger charge is 2.14. The Balaban J connectivity index is 2.58. The molecule has 0 amide bonds. The number of hydrogen-bond donors (Lipinski definition) is 1. The summed E-state index contributed by atoms with van der Waals surface area (Å²) in [5, 5.41) is 10.7. The van der Waals surface area contributed by atoms with E-state index in [1.165, 1.54) is 6.07 Å². The van der Waals surface area contributed by atoms with Crippen LogP contribution in [0, 0.1) is 10.1 Å². The molecule has 1 N–H and O–H groups in total. The molecule has 70 valence electrons. The van der Waals surface area contributed by atoms with E-state index < -0.39 is 4.92 Å². The number of nitrogens with zero attached hydrogens (tertiary/aromatic N) is 2. The standard InChI is InChI=1S/C9H7N3O2/c13-12(14)8-4-2-1-3-7(8)9-10-5-6-11-9/h1-6H,(H,10,11). The molecule has 0 atom stereocenters. The molecule has 0 radical (unpaired) electrons. The maximum Gasteiger partial charge on any atom is 0.280 e. The first-order valence-electron chi connectivity index (χ1n) is 4.02. The van der Waals surface area contributed by atoms with Gasteiger partial charge in [-0.25, -0.2) is 4.98 Å². The third-order valence-electron chi connectivity index (χ3n) is 1.85. The van der Waals surface area contributed by atoms with Gasteiger partial charge >= 0.3 is 0 Å². The van der Waals surface area contributed by atoms with Crippen molar-refractivity contribution in [3.8, 4) is 11.4 Å². The summed E-state index contributed by atoms with van der Waals surface area (Å²) in [5.74, 6) is 0.511. The molecule has 2 aromatic rings. The molecule has 0 aliphatic heterocycles. The largest absolute Gasteiger partial charge is 0.344 e. The SMILES string of the molecule is O=[N+]([O-])c1ccccc1-c1ncc[nH]1. The average molecular weight is 189 g/mol. The van der Waals surface area contributed by atoms with Gasteiger partial charge in [0.15, 0.2) is 0 Å². The van der Waals surface area contributed by atoms with Crippen LogP contribution in [0.5, 0.6) is 0 Å². The van der Waals surface area contributed by atoms with Crippen LogP contribution in [0.1, 0.15) is 0 Å². The van der Waals surface area contributed by atoms with Crippen LogP contribution in [0.3, 0.4) is 0 Å². The van der Waals surface area contributed by atoms with Gasteiger partial charge in [0.05, 0.1) is 10.5 Å². The summed E-state index contributed by atoms with van der Waals surface area (Å²) in [6, 6.07) is 6.49. The number of hydrogen-bond acceptors (Lipinski definition) is 3. The molecular weight excluding hydrogens is 182 g/mol. The molecule has 1 heterocycles. The molecule has 1 aromatic heterocycles. The number of rotatable bonds is 2. The van der Waals surface area contributed by atoms with Crippen molar-refractivity contribution >= 4 is 5.69 Å². The summed E-state index contributed by atoms with van der Waals surface area (Å²) < 4.78 is 0. The Hall–Kier alpha value is -2.17. The summed E-state index contributed by atoms with van der Waals surface area (Å²) in [4.78, 5) is 17.1. The second kappa shape index (κ2) is 3.29. The normalized spacial score (nSPS) is 10.0. The van der Waals surface area contributed by atoms with E-state index in [2.05, 4.69) is 9.97 Å². The van der Waals surface area contributed by atoms with Gasteiger partial charge in [-0.05, 0) is 6.07 Å². The number of nitro groups is 1. The van der Waals surface area contributed by atoms with Crippen molar-refractivity contribution in [1.82, 2.24) is 9.97 Å². The fourth-order valence-electron chi connectivity index (χ4n) is 1.25. The zero-order valence-corrected chi connectivity index (χ0v) is 7.18. The quantitative estimate of drug-likeness (QED) is 0.580. The van der Waals surface area contributed by atoms with Crippen LogP contribution in [-0.2, 0) is 0 Å². The van der Waals surface area contributed by atoms with Crippen molar-refractivity contribution in [2.75, 3.05) is 0 Å². The topological polar surface area (TPSA) is 71.8 Å². The maximum absolute atomic E-state index is 10.7. The lowest BCUT2D eigenvalue weighted by Crippen LogP contribution is -1.92. The minimum absolute atomic E-state index is 0.0578. The third-order valence-corrected chi connectivity index (χ3v) is 1.85. The van der Waals surface area contributed by atoms with E-state index in [0.717, 1.165) is 0 Å². The van der Waals surface area contributed by atoms with Crippen LogP contribution < -0.4 is 0 Å². The van der Waals surface area contributed by atoms with E-state index in [4.69, 9.17) is 0 Å². The van der Waals surface area contributed by atoms with Gasteiger partial charge < -0.3 is 4.98 Å². The van der Waals surface area contributed by atoms with E-state index in [1.54, 1.807) is 30.6 Å². The zero-order chi connectivity index (χ0) is 9.97. The van der Waals surface area contributed by atoms with Crippen molar-refractivity contribution in [2.24, 2.45) is 0 Å².